The van der Waals surface area contributed by atoms with Gasteiger partial charge in [-0.25, -0.2) is 9.18 Å². The molecular weight excluding hydrogens is 223 g/mol. The smallest absolute Gasteiger partial charge is 0.330 e. The predicted molar refractivity (Wildman–Crippen MR) is 61.8 cm³/mol. The number of hydrogen-bond acceptors (Lipinski definition) is 3. The summed E-state index contributed by atoms with van der Waals surface area (Å²) in [7, 11) is 0. The van der Waals surface area contributed by atoms with Crippen molar-refractivity contribution in [2.45, 2.75) is 6.92 Å². The van der Waals surface area contributed by atoms with E-state index in [0.29, 0.717) is 23.3 Å². The van der Waals surface area contributed by atoms with Crippen LogP contribution in [0.25, 0.3) is 17.0 Å². The Morgan fingerprint density at radius 3 is 3.06 bits per heavy atom. The summed E-state index contributed by atoms with van der Waals surface area (Å²) >= 11 is 0. The number of esters is 1. The predicted octanol–water partition coefficient (Wildman–Crippen LogP) is 3.15. The number of furan rings is 1. The summed E-state index contributed by atoms with van der Waals surface area (Å²) in [6.07, 6.45) is 2.77. The lowest BCUT2D eigenvalue weighted by Crippen LogP contribution is -1.98. The molecule has 0 fully saturated rings. The Balaban J connectivity index is 2.22. The lowest BCUT2D eigenvalue weighted by Gasteiger charge is -1.92. The van der Waals surface area contributed by atoms with Gasteiger partial charge in [0.2, 0.25) is 0 Å². The van der Waals surface area contributed by atoms with E-state index in [9.17, 15) is 9.18 Å². The van der Waals surface area contributed by atoms with Crippen molar-refractivity contribution >= 4 is 23.0 Å². The van der Waals surface area contributed by atoms with Crippen LogP contribution in [0.5, 0.6) is 0 Å². The number of fused-ring (bicyclic) bond motifs is 1. The SMILES string of the molecule is CCOC(=O)/C=C/c1cc2cc(F)ccc2o1. The second kappa shape index (κ2) is 4.82. The largest absolute Gasteiger partial charge is 0.463 e. The molecule has 2 aromatic rings. The molecule has 1 aromatic heterocycles. The number of carbonyl (C=O) groups excluding carboxylic acids is 1. The van der Waals surface area contributed by atoms with Gasteiger partial charge < -0.3 is 9.15 Å². The summed E-state index contributed by atoms with van der Waals surface area (Å²) in [5.41, 5.74) is 0.579. The van der Waals surface area contributed by atoms with Crippen LogP contribution in [0, 0.1) is 5.82 Å². The minimum Gasteiger partial charge on any atom is -0.463 e. The first-order valence-electron chi connectivity index (χ1n) is 5.23. The van der Waals surface area contributed by atoms with Gasteiger partial charge in [-0.05, 0) is 37.3 Å². The van der Waals surface area contributed by atoms with E-state index >= 15 is 0 Å². The van der Waals surface area contributed by atoms with Crippen molar-refractivity contribution in [3.05, 3.63) is 41.9 Å². The molecule has 88 valence electrons. The number of carbonyl (C=O) groups is 1. The van der Waals surface area contributed by atoms with E-state index < -0.39 is 5.97 Å². The van der Waals surface area contributed by atoms with E-state index in [4.69, 9.17) is 9.15 Å². The zero-order chi connectivity index (χ0) is 12.3. The molecule has 0 radical (unpaired) electrons. The number of rotatable bonds is 3. The Labute approximate surface area is 97.5 Å². The van der Waals surface area contributed by atoms with Crippen molar-refractivity contribution in [3.8, 4) is 0 Å². The Bertz CT molecular complexity index is 569. The topological polar surface area (TPSA) is 39.4 Å². The van der Waals surface area contributed by atoms with Crippen LogP contribution >= 0.6 is 0 Å². The molecule has 0 amide bonds. The highest BCUT2D eigenvalue weighted by atomic mass is 19.1. The maximum absolute atomic E-state index is 12.9. The van der Waals surface area contributed by atoms with Crippen LogP contribution in [0.3, 0.4) is 0 Å². The first-order chi connectivity index (χ1) is 8.19. The fraction of sp³-hybridized carbons (Fsp3) is 0.154. The second-order valence-electron chi connectivity index (χ2n) is 3.42. The summed E-state index contributed by atoms with van der Waals surface area (Å²) < 4.78 is 23.0. The molecule has 0 N–H and O–H groups in total. The highest BCUT2D eigenvalue weighted by molar-refractivity contribution is 5.88. The molecule has 0 atom stereocenters. The average Bonchev–Trinajstić information content (AvgIpc) is 2.68. The molecule has 3 nitrogen and oxygen atoms in total. The van der Waals surface area contributed by atoms with Gasteiger partial charge in [-0.15, -0.1) is 0 Å². The van der Waals surface area contributed by atoms with Crippen molar-refractivity contribution in [1.82, 2.24) is 0 Å². The average molecular weight is 234 g/mol. The van der Waals surface area contributed by atoms with Crippen molar-refractivity contribution in [2.75, 3.05) is 6.61 Å². The van der Waals surface area contributed by atoms with Crippen LogP contribution < -0.4 is 0 Å². The summed E-state index contributed by atoms with van der Waals surface area (Å²) in [4.78, 5) is 11.1. The van der Waals surface area contributed by atoms with E-state index in [0.717, 1.165) is 0 Å². The monoisotopic (exact) mass is 234 g/mol. The molecule has 4 heteroatoms. The summed E-state index contributed by atoms with van der Waals surface area (Å²) in [5.74, 6) is -0.267. The first-order valence-corrected chi connectivity index (χ1v) is 5.23. The number of hydrogen-bond donors (Lipinski definition) is 0. The summed E-state index contributed by atoms with van der Waals surface area (Å²) in [5, 5.41) is 0.661. The highest BCUT2D eigenvalue weighted by Crippen LogP contribution is 2.21. The van der Waals surface area contributed by atoms with E-state index in [1.54, 1.807) is 19.1 Å². The Hall–Kier alpha value is -2.10. The van der Waals surface area contributed by atoms with Crippen LogP contribution in [0.15, 0.2) is 34.8 Å². The van der Waals surface area contributed by atoms with Gasteiger partial charge in [0.05, 0.1) is 6.61 Å². The van der Waals surface area contributed by atoms with Crippen LogP contribution in [-0.2, 0) is 9.53 Å². The molecule has 0 aliphatic heterocycles. The minimum absolute atomic E-state index is 0.320. The van der Waals surface area contributed by atoms with Crippen molar-refractivity contribution < 1.29 is 18.3 Å². The number of halogens is 1. The molecule has 1 aromatic carbocycles. The van der Waals surface area contributed by atoms with Crippen molar-refractivity contribution in [3.63, 3.8) is 0 Å². The number of benzene rings is 1. The van der Waals surface area contributed by atoms with Crippen LogP contribution in [0.1, 0.15) is 12.7 Å². The fourth-order valence-electron chi connectivity index (χ4n) is 1.46. The van der Waals surface area contributed by atoms with E-state index in [-0.39, 0.29) is 5.82 Å². The normalized spacial score (nSPS) is 11.2. The van der Waals surface area contributed by atoms with Crippen molar-refractivity contribution in [1.29, 1.82) is 0 Å². The molecule has 0 saturated carbocycles. The van der Waals surface area contributed by atoms with E-state index in [1.807, 2.05) is 0 Å². The third-order valence-corrected chi connectivity index (χ3v) is 2.17. The van der Waals surface area contributed by atoms with E-state index in [1.165, 1.54) is 24.3 Å². The van der Waals surface area contributed by atoms with Crippen LogP contribution in [-0.4, -0.2) is 12.6 Å². The Kier molecular flexibility index (Phi) is 3.23. The number of ether oxygens (including phenoxy) is 1. The van der Waals surface area contributed by atoms with Gasteiger partial charge in [-0.2, -0.15) is 0 Å². The lowest BCUT2D eigenvalue weighted by molar-refractivity contribution is -0.137. The summed E-state index contributed by atoms with van der Waals surface area (Å²) in [6, 6.07) is 5.91. The maximum atomic E-state index is 12.9. The highest BCUT2D eigenvalue weighted by Gasteiger charge is 2.03. The molecule has 0 unspecified atom stereocenters. The van der Waals surface area contributed by atoms with Gasteiger partial charge in [-0.1, -0.05) is 0 Å². The molecule has 1 heterocycles. The molecule has 17 heavy (non-hydrogen) atoms. The van der Waals surface area contributed by atoms with Gasteiger partial charge in [0.15, 0.2) is 0 Å². The van der Waals surface area contributed by atoms with Crippen LogP contribution in [0.2, 0.25) is 0 Å². The second-order valence-corrected chi connectivity index (χ2v) is 3.42. The van der Waals surface area contributed by atoms with Gasteiger partial charge in [-0.3, -0.25) is 0 Å². The maximum Gasteiger partial charge on any atom is 0.330 e. The van der Waals surface area contributed by atoms with E-state index in [2.05, 4.69) is 0 Å². The molecule has 0 bridgehead atoms. The quantitative estimate of drug-likeness (QED) is 0.605. The third kappa shape index (κ3) is 2.72. The van der Waals surface area contributed by atoms with Gasteiger partial charge in [0, 0.05) is 11.5 Å². The summed E-state index contributed by atoms with van der Waals surface area (Å²) in [6.45, 7) is 2.06. The molecular formula is C13H11FO3. The molecule has 2 rings (SSSR count). The molecule has 0 aliphatic rings. The first kappa shape index (κ1) is 11.4. The van der Waals surface area contributed by atoms with Gasteiger partial charge >= 0.3 is 5.97 Å². The third-order valence-electron chi connectivity index (χ3n) is 2.17. The zero-order valence-electron chi connectivity index (χ0n) is 9.27. The Morgan fingerprint density at radius 1 is 1.47 bits per heavy atom. The zero-order valence-corrected chi connectivity index (χ0v) is 9.27. The minimum atomic E-state index is -0.431. The molecule has 0 saturated heterocycles. The van der Waals surface area contributed by atoms with Crippen LogP contribution in [0.4, 0.5) is 4.39 Å². The lowest BCUT2D eigenvalue weighted by atomic mass is 10.2. The molecule has 0 aliphatic carbocycles. The molecule has 0 spiro atoms. The van der Waals surface area contributed by atoms with Gasteiger partial charge in [0.1, 0.15) is 17.2 Å². The fourth-order valence-corrected chi connectivity index (χ4v) is 1.46. The van der Waals surface area contributed by atoms with Crippen molar-refractivity contribution in [2.24, 2.45) is 0 Å². The standard InChI is InChI=1S/C13H11FO3/c1-2-16-13(15)6-4-11-8-9-7-10(14)3-5-12(9)17-11/h3-8H,2H2,1H3/b6-4+. The Morgan fingerprint density at radius 2 is 2.29 bits per heavy atom. The van der Waals surface area contributed by atoms with Gasteiger partial charge in [0.25, 0.3) is 0 Å².